The molecule has 0 radical (unpaired) electrons. The largest absolute Gasteiger partial charge is 0.352 e. The molecule has 0 aliphatic heterocycles. The molecule has 1 fully saturated rings. The minimum Gasteiger partial charge on any atom is -0.352 e. The minimum atomic E-state index is 0. The summed E-state index contributed by atoms with van der Waals surface area (Å²) >= 11 is 0. The van der Waals surface area contributed by atoms with Crippen molar-refractivity contribution in [2.75, 3.05) is 0 Å². The van der Waals surface area contributed by atoms with Gasteiger partial charge in [-0.2, -0.15) is 0 Å². The molecular weight excluding hydrogens is 296 g/mol. The van der Waals surface area contributed by atoms with Crippen molar-refractivity contribution in [2.45, 2.75) is 64.5 Å². The zero-order valence-electron chi connectivity index (χ0n) is 13.9. The topological polar surface area (TPSA) is 55.1 Å². The fraction of sp³-hybridized carbons (Fsp3) is 0.611. The van der Waals surface area contributed by atoms with E-state index in [9.17, 15) is 4.79 Å². The van der Waals surface area contributed by atoms with Crippen molar-refractivity contribution in [1.29, 1.82) is 0 Å². The summed E-state index contributed by atoms with van der Waals surface area (Å²) in [5, 5.41) is 3.05. The Balaban J connectivity index is 0.00000242. The van der Waals surface area contributed by atoms with Gasteiger partial charge in [-0.15, -0.1) is 12.4 Å². The number of hydrogen-bond acceptors (Lipinski definition) is 2. The monoisotopic (exact) mass is 324 g/mol. The molecule has 124 valence electrons. The van der Waals surface area contributed by atoms with E-state index < -0.39 is 0 Å². The van der Waals surface area contributed by atoms with Crippen molar-refractivity contribution in [2.24, 2.45) is 11.7 Å². The standard InChI is InChI=1S/C18H28N2O.ClH/c1-18(2,3)15-9-7-13(8-10-15)12-20-17(21)14-5-4-6-16(19)11-14;/h7-10,14,16H,4-6,11-12,19H2,1-3H3,(H,20,21);1H. The Morgan fingerprint density at radius 1 is 1.23 bits per heavy atom. The van der Waals surface area contributed by atoms with Crippen LogP contribution in [0.25, 0.3) is 0 Å². The van der Waals surface area contributed by atoms with Crippen LogP contribution in [0.3, 0.4) is 0 Å². The SMILES string of the molecule is CC(C)(C)c1ccc(CNC(=O)C2CCCC(N)C2)cc1.Cl. The van der Waals surface area contributed by atoms with E-state index in [4.69, 9.17) is 5.73 Å². The Bertz CT molecular complexity index is 479. The van der Waals surface area contributed by atoms with Gasteiger partial charge in [0.05, 0.1) is 0 Å². The van der Waals surface area contributed by atoms with Crippen LogP contribution in [0.5, 0.6) is 0 Å². The summed E-state index contributed by atoms with van der Waals surface area (Å²) in [5.41, 5.74) is 8.58. The maximum absolute atomic E-state index is 12.2. The average molecular weight is 325 g/mol. The van der Waals surface area contributed by atoms with Gasteiger partial charge in [-0.05, 0) is 35.8 Å². The van der Waals surface area contributed by atoms with Crippen molar-refractivity contribution in [3.63, 3.8) is 0 Å². The second-order valence-electron chi connectivity index (χ2n) is 7.29. The lowest BCUT2D eigenvalue weighted by Gasteiger charge is -2.25. The summed E-state index contributed by atoms with van der Waals surface area (Å²) in [6.07, 6.45) is 3.93. The fourth-order valence-corrected chi connectivity index (χ4v) is 2.92. The highest BCUT2D eigenvalue weighted by Gasteiger charge is 2.24. The van der Waals surface area contributed by atoms with Gasteiger partial charge in [0.25, 0.3) is 0 Å². The van der Waals surface area contributed by atoms with Crippen molar-refractivity contribution in [1.82, 2.24) is 5.32 Å². The summed E-state index contributed by atoms with van der Waals surface area (Å²) in [6, 6.07) is 8.71. The maximum Gasteiger partial charge on any atom is 0.223 e. The Kier molecular flexibility index (Phi) is 6.89. The zero-order chi connectivity index (χ0) is 15.5. The molecule has 1 saturated carbocycles. The highest BCUT2D eigenvalue weighted by Crippen LogP contribution is 2.24. The first-order chi connectivity index (χ1) is 9.86. The average Bonchev–Trinajstić information content (AvgIpc) is 2.44. The van der Waals surface area contributed by atoms with Gasteiger partial charge in [0, 0.05) is 18.5 Å². The lowest BCUT2D eigenvalue weighted by atomic mass is 9.85. The molecule has 2 atom stereocenters. The summed E-state index contributed by atoms with van der Waals surface area (Å²) < 4.78 is 0. The van der Waals surface area contributed by atoms with Crippen molar-refractivity contribution in [3.05, 3.63) is 35.4 Å². The second kappa shape index (κ2) is 7.98. The Hall–Kier alpha value is -1.06. The first-order valence-electron chi connectivity index (χ1n) is 7.99. The molecule has 1 aromatic rings. The maximum atomic E-state index is 12.2. The van der Waals surface area contributed by atoms with E-state index in [2.05, 4.69) is 50.4 Å². The molecule has 22 heavy (non-hydrogen) atoms. The highest BCUT2D eigenvalue weighted by atomic mass is 35.5. The van der Waals surface area contributed by atoms with Gasteiger partial charge in [0.15, 0.2) is 0 Å². The fourth-order valence-electron chi connectivity index (χ4n) is 2.92. The van der Waals surface area contributed by atoms with Crippen LogP contribution in [-0.2, 0) is 16.8 Å². The molecule has 1 amide bonds. The molecule has 3 nitrogen and oxygen atoms in total. The van der Waals surface area contributed by atoms with Crippen LogP contribution in [-0.4, -0.2) is 11.9 Å². The van der Waals surface area contributed by atoms with E-state index in [1.165, 1.54) is 5.56 Å². The highest BCUT2D eigenvalue weighted by molar-refractivity contribution is 5.85. The molecule has 0 heterocycles. The van der Waals surface area contributed by atoms with Crippen LogP contribution in [0.4, 0.5) is 0 Å². The van der Waals surface area contributed by atoms with Crippen LogP contribution in [0.2, 0.25) is 0 Å². The number of nitrogens with two attached hydrogens (primary N) is 1. The quantitative estimate of drug-likeness (QED) is 0.893. The van der Waals surface area contributed by atoms with E-state index in [0.717, 1.165) is 31.2 Å². The normalized spacial score (nSPS) is 21.8. The molecule has 0 aromatic heterocycles. The molecule has 0 bridgehead atoms. The molecule has 4 heteroatoms. The van der Waals surface area contributed by atoms with E-state index in [-0.39, 0.29) is 35.7 Å². The van der Waals surface area contributed by atoms with E-state index in [1.807, 2.05) is 0 Å². The number of carbonyl (C=O) groups excluding carboxylic acids is 1. The Labute approximate surface area is 140 Å². The van der Waals surface area contributed by atoms with Gasteiger partial charge >= 0.3 is 0 Å². The minimum absolute atomic E-state index is 0. The number of rotatable bonds is 3. The summed E-state index contributed by atoms with van der Waals surface area (Å²) in [7, 11) is 0. The van der Waals surface area contributed by atoms with Crippen molar-refractivity contribution < 1.29 is 4.79 Å². The number of amides is 1. The number of halogens is 1. The summed E-state index contributed by atoms with van der Waals surface area (Å²) in [4.78, 5) is 12.2. The second-order valence-corrected chi connectivity index (χ2v) is 7.29. The third kappa shape index (κ3) is 5.29. The third-order valence-electron chi connectivity index (χ3n) is 4.37. The van der Waals surface area contributed by atoms with Gasteiger partial charge in [-0.3, -0.25) is 4.79 Å². The molecule has 2 unspecified atom stereocenters. The van der Waals surface area contributed by atoms with E-state index in [0.29, 0.717) is 6.54 Å². The number of nitrogens with one attached hydrogen (secondary N) is 1. The molecule has 0 saturated heterocycles. The van der Waals surface area contributed by atoms with Crippen molar-refractivity contribution in [3.8, 4) is 0 Å². The first kappa shape index (κ1) is 19.0. The van der Waals surface area contributed by atoms with E-state index >= 15 is 0 Å². The molecule has 0 spiro atoms. The van der Waals surface area contributed by atoms with Crippen molar-refractivity contribution >= 4 is 18.3 Å². The molecule has 1 aliphatic rings. The first-order valence-corrected chi connectivity index (χ1v) is 7.99. The smallest absolute Gasteiger partial charge is 0.223 e. The summed E-state index contributed by atoms with van der Waals surface area (Å²) in [6.45, 7) is 7.22. The van der Waals surface area contributed by atoms with Gasteiger partial charge < -0.3 is 11.1 Å². The number of benzene rings is 1. The summed E-state index contributed by atoms with van der Waals surface area (Å²) in [5.74, 6) is 0.257. The lowest BCUT2D eigenvalue weighted by molar-refractivity contribution is -0.126. The Morgan fingerprint density at radius 3 is 2.41 bits per heavy atom. The molecule has 1 aliphatic carbocycles. The van der Waals surface area contributed by atoms with Gasteiger partial charge in [-0.25, -0.2) is 0 Å². The van der Waals surface area contributed by atoms with Crippen LogP contribution in [0, 0.1) is 5.92 Å². The van der Waals surface area contributed by atoms with Gasteiger partial charge in [-0.1, -0.05) is 51.5 Å². The van der Waals surface area contributed by atoms with Crippen LogP contribution >= 0.6 is 12.4 Å². The number of hydrogen-bond donors (Lipinski definition) is 2. The predicted molar refractivity (Wildman–Crippen MR) is 94.2 cm³/mol. The predicted octanol–water partition coefficient (Wildman–Crippen LogP) is 3.54. The number of carbonyl (C=O) groups is 1. The van der Waals surface area contributed by atoms with Gasteiger partial charge in [0.1, 0.15) is 0 Å². The lowest BCUT2D eigenvalue weighted by Crippen LogP contribution is -2.37. The third-order valence-corrected chi connectivity index (χ3v) is 4.37. The molecule has 1 aromatic carbocycles. The zero-order valence-corrected chi connectivity index (χ0v) is 14.7. The Morgan fingerprint density at radius 2 is 1.86 bits per heavy atom. The van der Waals surface area contributed by atoms with Crippen LogP contribution in [0.1, 0.15) is 57.6 Å². The van der Waals surface area contributed by atoms with E-state index in [1.54, 1.807) is 0 Å². The van der Waals surface area contributed by atoms with Crippen LogP contribution < -0.4 is 11.1 Å². The van der Waals surface area contributed by atoms with Crippen LogP contribution in [0.15, 0.2) is 24.3 Å². The molecule has 3 N–H and O–H groups in total. The molecule has 2 rings (SSSR count). The van der Waals surface area contributed by atoms with Gasteiger partial charge in [0.2, 0.25) is 5.91 Å². The molecular formula is C18H29ClN2O.